The molecule has 0 unspecified atom stereocenters. The minimum Gasteiger partial charge on any atom is -0.475 e. The molecule has 3 aliphatic carbocycles. The monoisotopic (exact) mass is 505 g/mol. The third-order valence-electron chi connectivity index (χ3n) is 8.56. The number of rotatable bonds is 7. The van der Waals surface area contributed by atoms with Crippen molar-refractivity contribution in [3.8, 4) is 0 Å². The summed E-state index contributed by atoms with van der Waals surface area (Å²) in [5, 5.41) is 14.7. The topological polar surface area (TPSA) is 142 Å². The van der Waals surface area contributed by atoms with Crippen molar-refractivity contribution in [3.05, 3.63) is 0 Å². The van der Waals surface area contributed by atoms with Crippen LogP contribution in [0.15, 0.2) is 0 Å². The lowest BCUT2D eigenvalue weighted by Crippen LogP contribution is -2.60. The summed E-state index contributed by atoms with van der Waals surface area (Å²) >= 11 is 0. The Morgan fingerprint density at radius 3 is 2.17 bits per heavy atom. The van der Waals surface area contributed by atoms with Crippen LogP contribution in [0.1, 0.15) is 79.6 Å². The molecule has 4 aliphatic rings. The van der Waals surface area contributed by atoms with Gasteiger partial charge in [-0.3, -0.25) is 14.4 Å². The van der Waals surface area contributed by atoms with Crippen molar-refractivity contribution in [3.63, 3.8) is 0 Å². The highest BCUT2D eigenvalue weighted by molar-refractivity contribution is 6.37. The Bertz CT molecular complexity index is 959. The summed E-state index contributed by atoms with van der Waals surface area (Å²) in [5.74, 6) is -3.43. The second-order valence-electron chi connectivity index (χ2n) is 12.6. The Morgan fingerprint density at radius 2 is 1.64 bits per heavy atom. The molecule has 3 amide bonds. The number of carbonyl (C=O) groups excluding carboxylic acids is 4. The summed E-state index contributed by atoms with van der Waals surface area (Å²) in [6.07, 6.45) is 4.48. The van der Waals surface area contributed by atoms with Crippen LogP contribution in [0.3, 0.4) is 0 Å². The van der Waals surface area contributed by atoms with E-state index in [1.807, 2.05) is 0 Å². The maximum absolute atomic E-state index is 14.0. The molecule has 0 spiro atoms. The lowest BCUT2D eigenvalue weighted by Gasteiger charge is -2.37. The number of Topliss-reactive ketones (excluding diaryl/α,β-unsaturated/α-hetero) is 1. The Kier molecular flexibility index (Phi) is 6.62. The number of amides is 3. The number of ether oxygens (including phenoxy) is 1. The van der Waals surface area contributed by atoms with Gasteiger partial charge in [0.15, 0.2) is 0 Å². The smallest absolute Gasteiger partial charge is 0.408 e. The van der Waals surface area contributed by atoms with Crippen LogP contribution < -0.4 is 10.6 Å². The highest BCUT2D eigenvalue weighted by atomic mass is 16.6. The molecule has 0 aromatic rings. The molecule has 1 heterocycles. The predicted octanol–water partition coefficient (Wildman–Crippen LogP) is 2.25. The molecular formula is C26H39N3O7. The first kappa shape index (κ1) is 26.4. The van der Waals surface area contributed by atoms with Crippen molar-refractivity contribution in [2.24, 2.45) is 23.2 Å². The van der Waals surface area contributed by atoms with E-state index in [-0.39, 0.29) is 41.9 Å². The third-order valence-corrected chi connectivity index (χ3v) is 8.56. The minimum absolute atomic E-state index is 0.0595. The van der Waals surface area contributed by atoms with Crippen LogP contribution in [-0.2, 0) is 23.9 Å². The molecule has 3 N–H and O–H groups in total. The van der Waals surface area contributed by atoms with Crippen molar-refractivity contribution in [2.45, 2.75) is 103 Å². The van der Waals surface area contributed by atoms with Gasteiger partial charge in [-0.2, -0.15) is 0 Å². The molecule has 36 heavy (non-hydrogen) atoms. The van der Waals surface area contributed by atoms with Gasteiger partial charge in [0.05, 0.1) is 0 Å². The van der Waals surface area contributed by atoms with E-state index in [4.69, 9.17) is 4.74 Å². The van der Waals surface area contributed by atoms with Gasteiger partial charge >= 0.3 is 12.1 Å². The molecule has 10 nitrogen and oxygen atoms in total. The fourth-order valence-corrected chi connectivity index (χ4v) is 6.32. The number of carbonyl (C=O) groups is 5. The first-order valence-corrected chi connectivity index (χ1v) is 13.1. The molecule has 10 heteroatoms. The quantitative estimate of drug-likeness (QED) is 0.451. The molecule has 4 atom stereocenters. The first-order chi connectivity index (χ1) is 16.7. The van der Waals surface area contributed by atoms with Gasteiger partial charge in [-0.25, -0.2) is 9.59 Å². The summed E-state index contributed by atoms with van der Waals surface area (Å²) in [5.41, 5.74) is -2.25. The number of hydrogen-bond acceptors (Lipinski definition) is 6. The summed E-state index contributed by atoms with van der Waals surface area (Å²) in [4.78, 5) is 65.2. The van der Waals surface area contributed by atoms with E-state index in [0.717, 1.165) is 32.1 Å². The van der Waals surface area contributed by atoms with Crippen molar-refractivity contribution >= 4 is 29.7 Å². The second-order valence-corrected chi connectivity index (χ2v) is 12.6. The maximum atomic E-state index is 14.0. The second kappa shape index (κ2) is 9.03. The van der Waals surface area contributed by atoms with Crippen LogP contribution in [-0.4, -0.2) is 69.4 Å². The molecule has 200 valence electrons. The van der Waals surface area contributed by atoms with Crippen molar-refractivity contribution < 1.29 is 33.8 Å². The normalized spacial score (nSPS) is 28.9. The maximum Gasteiger partial charge on any atom is 0.408 e. The molecule has 4 fully saturated rings. The Labute approximate surface area is 211 Å². The number of aliphatic carboxylic acids is 1. The van der Waals surface area contributed by atoms with Crippen molar-refractivity contribution in [1.82, 2.24) is 15.5 Å². The zero-order chi connectivity index (χ0) is 26.6. The Morgan fingerprint density at radius 1 is 1.03 bits per heavy atom. The van der Waals surface area contributed by atoms with Crippen molar-refractivity contribution in [1.29, 1.82) is 0 Å². The van der Waals surface area contributed by atoms with Crippen LogP contribution in [0.4, 0.5) is 4.79 Å². The number of fused-ring (bicyclic) bond motifs is 1. The zero-order valence-electron chi connectivity index (χ0n) is 21.9. The van der Waals surface area contributed by atoms with E-state index in [1.54, 1.807) is 25.7 Å². The SMILES string of the molecule is CC(C)(C)OC(=O)N[C@H](C(=O)N1C[C@H]2[C@@H]([C@H]1C(=O)NC1(C(=O)C(=O)O)CC1)C2(C)C)C1CCCCC1. The van der Waals surface area contributed by atoms with E-state index in [9.17, 15) is 29.1 Å². The molecule has 0 aromatic carbocycles. The van der Waals surface area contributed by atoms with E-state index >= 15 is 0 Å². The largest absolute Gasteiger partial charge is 0.475 e. The van der Waals surface area contributed by atoms with E-state index in [1.165, 1.54) is 0 Å². The third kappa shape index (κ3) is 4.95. The highest BCUT2D eigenvalue weighted by Crippen LogP contribution is 2.65. The molecular weight excluding hydrogens is 466 g/mol. The van der Waals surface area contributed by atoms with Gasteiger partial charge in [0, 0.05) is 6.54 Å². The van der Waals surface area contributed by atoms with Gasteiger partial charge in [-0.05, 0) is 69.6 Å². The standard InChI is InChI=1S/C26H39N3O7/c1-24(2,3)36-23(35)27-17(14-9-7-6-8-10-14)21(32)29-13-15-16(25(15,4)5)18(29)20(31)28-26(11-12-26)19(30)22(33)34/h14-18H,6-13H2,1-5H3,(H,27,35)(H,28,31)(H,33,34)/t15-,16-,17-,18-/m0/s1. The summed E-state index contributed by atoms with van der Waals surface area (Å²) in [6, 6.07) is -1.63. The highest BCUT2D eigenvalue weighted by Gasteiger charge is 2.70. The van der Waals surface area contributed by atoms with Crippen LogP contribution in [0.5, 0.6) is 0 Å². The average molecular weight is 506 g/mol. The van der Waals surface area contributed by atoms with E-state index < -0.39 is 47.0 Å². The molecule has 1 aliphatic heterocycles. The van der Waals surface area contributed by atoms with Crippen LogP contribution >= 0.6 is 0 Å². The lowest BCUT2D eigenvalue weighted by atomic mass is 9.83. The zero-order valence-corrected chi connectivity index (χ0v) is 21.9. The van der Waals surface area contributed by atoms with Gasteiger partial charge in [-0.15, -0.1) is 0 Å². The fraction of sp³-hybridized carbons (Fsp3) is 0.808. The van der Waals surface area contributed by atoms with Gasteiger partial charge in [0.2, 0.25) is 11.8 Å². The summed E-state index contributed by atoms with van der Waals surface area (Å²) in [6.45, 7) is 9.76. The lowest BCUT2D eigenvalue weighted by molar-refractivity contribution is -0.151. The average Bonchev–Trinajstić information content (AvgIpc) is 3.59. The number of carboxylic acids is 1. The van der Waals surface area contributed by atoms with Crippen molar-refractivity contribution in [2.75, 3.05) is 6.54 Å². The number of nitrogens with one attached hydrogen (secondary N) is 2. The molecule has 3 saturated carbocycles. The van der Waals surface area contributed by atoms with Gasteiger partial charge in [0.1, 0.15) is 23.2 Å². The molecule has 0 bridgehead atoms. The van der Waals surface area contributed by atoms with E-state index in [2.05, 4.69) is 24.5 Å². The first-order valence-electron chi connectivity index (χ1n) is 13.1. The number of carboxylic acid groups (broad SMARTS) is 1. The number of alkyl carbamates (subject to hydrolysis) is 1. The number of ketones is 1. The number of piperidine rings is 1. The molecule has 0 aromatic heterocycles. The van der Waals surface area contributed by atoms with Crippen LogP contribution in [0.2, 0.25) is 0 Å². The van der Waals surface area contributed by atoms with Gasteiger partial charge < -0.3 is 25.4 Å². The van der Waals surface area contributed by atoms with Crippen LogP contribution in [0, 0.1) is 23.2 Å². The number of hydrogen-bond donors (Lipinski definition) is 3. The number of likely N-dealkylation sites (tertiary alicyclic amines) is 1. The summed E-state index contributed by atoms with van der Waals surface area (Å²) in [7, 11) is 0. The minimum atomic E-state index is -1.57. The molecule has 0 radical (unpaired) electrons. The molecule has 1 saturated heterocycles. The predicted molar refractivity (Wildman–Crippen MR) is 129 cm³/mol. The Balaban J connectivity index is 1.56. The van der Waals surface area contributed by atoms with E-state index in [0.29, 0.717) is 6.54 Å². The summed E-state index contributed by atoms with van der Waals surface area (Å²) < 4.78 is 5.44. The molecule has 4 rings (SSSR count). The number of nitrogens with zero attached hydrogens (tertiary/aromatic N) is 1. The van der Waals surface area contributed by atoms with Gasteiger partial charge in [-0.1, -0.05) is 33.1 Å². The fourth-order valence-electron chi connectivity index (χ4n) is 6.32. The van der Waals surface area contributed by atoms with Crippen LogP contribution in [0.25, 0.3) is 0 Å². The Hall–Kier alpha value is -2.65. The van der Waals surface area contributed by atoms with Gasteiger partial charge in [0.25, 0.3) is 5.78 Å².